The minimum absolute atomic E-state index is 0.0323. The molecule has 0 amide bonds. The molecule has 4 atom stereocenters. The molecule has 0 saturated heterocycles. The van der Waals surface area contributed by atoms with Crippen LogP contribution in [-0.2, 0) is 14.3 Å². The Kier molecular flexibility index (Phi) is 6.80. The van der Waals surface area contributed by atoms with Crippen molar-refractivity contribution in [2.45, 2.75) is 58.6 Å². The summed E-state index contributed by atoms with van der Waals surface area (Å²) in [4.78, 5) is 12.0. The van der Waals surface area contributed by atoms with E-state index in [1.807, 2.05) is 0 Å². The summed E-state index contributed by atoms with van der Waals surface area (Å²) >= 11 is 0. The highest BCUT2D eigenvalue weighted by Gasteiger charge is 2.34. The van der Waals surface area contributed by atoms with E-state index in [1.165, 1.54) is 6.42 Å². The van der Waals surface area contributed by atoms with E-state index in [0.717, 1.165) is 12.8 Å². The van der Waals surface area contributed by atoms with Crippen LogP contribution in [0.1, 0.15) is 46.5 Å². The number of carbonyl (C=O) groups excluding carboxylic acids is 1. The number of hydrogen-bond donors (Lipinski definition) is 1. The second kappa shape index (κ2) is 7.85. The van der Waals surface area contributed by atoms with Crippen molar-refractivity contribution in [2.75, 3.05) is 13.7 Å². The smallest absolute Gasteiger partial charge is 0.323 e. The van der Waals surface area contributed by atoms with Gasteiger partial charge in [-0.25, -0.2) is 0 Å². The molecule has 2 N–H and O–H groups in total. The van der Waals surface area contributed by atoms with Crippen LogP contribution >= 0.6 is 0 Å². The molecule has 1 saturated carbocycles. The molecule has 4 nitrogen and oxygen atoms in total. The molecule has 0 spiro atoms. The summed E-state index contributed by atoms with van der Waals surface area (Å²) < 4.78 is 10.6. The summed E-state index contributed by atoms with van der Waals surface area (Å²) in [6.45, 7) is 7.12. The average Bonchev–Trinajstić information content (AvgIpc) is 2.35. The molecule has 112 valence electrons. The van der Waals surface area contributed by atoms with Gasteiger partial charge in [-0.3, -0.25) is 4.79 Å². The van der Waals surface area contributed by atoms with Crippen molar-refractivity contribution < 1.29 is 14.3 Å². The fourth-order valence-electron chi connectivity index (χ4n) is 2.85. The van der Waals surface area contributed by atoms with Crippen molar-refractivity contribution in [2.24, 2.45) is 23.5 Å². The number of carbonyl (C=O) groups is 1. The number of esters is 1. The molecule has 0 aromatic rings. The highest BCUT2D eigenvalue weighted by atomic mass is 16.5. The third-order valence-electron chi connectivity index (χ3n) is 4.16. The largest absolute Gasteiger partial charge is 0.461 e. The van der Waals surface area contributed by atoms with Crippen molar-refractivity contribution in [1.82, 2.24) is 0 Å². The van der Waals surface area contributed by atoms with E-state index in [1.54, 1.807) is 7.11 Å². The zero-order valence-electron chi connectivity index (χ0n) is 12.7. The first-order chi connectivity index (χ1) is 8.95. The quantitative estimate of drug-likeness (QED) is 0.753. The summed E-state index contributed by atoms with van der Waals surface area (Å²) in [6.07, 6.45) is 3.89. The first-order valence-corrected chi connectivity index (χ1v) is 7.40. The fourth-order valence-corrected chi connectivity index (χ4v) is 2.85. The summed E-state index contributed by atoms with van der Waals surface area (Å²) in [5.74, 6) is 1.36. The van der Waals surface area contributed by atoms with E-state index in [4.69, 9.17) is 15.2 Å². The normalized spacial score (nSPS) is 29.3. The predicted molar refractivity (Wildman–Crippen MR) is 75.7 cm³/mol. The Hall–Kier alpha value is -0.610. The average molecular weight is 271 g/mol. The molecule has 0 aromatic heterocycles. The zero-order chi connectivity index (χ0) is 14.4. The van der Waals surface area contributed by atoms with E-state index in [2.05, 4.69) is 20.8 Å². The minimum Gasteiger partial charge on any atom is -0.461 e. The van der Waals surface area contributed by atoms with Crippen molar-refractivity contribution >= 4 is 5.97 Å². The molecule has 0 aromatic carbocycles. The van der Waals surface area contributed by atoms with Crippen LogP contribution in [-0.4, -0.2) is 31.8 Å². The van der Waals surface area contributed by atoms with Gasteiger partial charge in [0.15, 0.2) is 0 Å². The van der Waals surface area contributed by atoms with Gasteiger partial charge in [-0.2, -0.15) is 0 Å². The molecule has 0 aliphatic heterocycles. The minimum atomic E-state index is -0.565. The summed E-state index contributed by atoms with van der Waals surface area (Å²) in [5, 5.41) is 0. The highest BCUT2D eigenvalue weighted by Crippen LogP contribution is 2.35. The van der Waals surface area contributed by atoms with Gasteiger partial charge in [0, 0.05) is 13.7 Å². The topological polar surface area (TPSA) is 61.5 Å². The lowest BCUT2D eigenvalue weighted by molar-refractivity contribution is -0.158. The summed E-state index contributed by atoms with van der Waals surface area (Å²) in [5.41, 5.74) is 5.82. The van der Waals surface area contributed by atoms with Crippen molar-refractivity contribution in [3.63, 3.8) is 0 Å². The first-order valence-electron chi connectivity index (χ1n) is 7.40. The van der Waals surface area contributed by atoms with Crippen LogP contribution in [0.15, 0.2) is 0 Å². The van der Waals surface area contributed by atoms with Crippen molar-refractivity contribution in [1.29, 1.82) is 0 Å². The Morgan fingerprint density at radius 1 is 1.37 bits per heavy atom. The SMILES string of the molecule is COCCC(N)C(=O)OC1CC(C)CCC1C(C)C. The van der Waals surface area contributed by atoms with Gasteiger partial charge in [-0.1, -0.05) is 27.2 Å². The maximum Gasteiger partial charge on any atom is 0.323 e. The molecule has 0 bridgehead atoms. The summed E-state index contributed by atoms with van der Waals surface area (Å²) in [6, 6.07) is -0.565. The van der Waals surface area contributed by atoms with E-state index in [0.29, 0.717) is 30.8 Å². The van der Waals surface area contributed by atoms with Gasteiger partial charge in [0.1, 0.15) is 12.1 Å². The maximum absolute atomic E-state index is 12.0. The maximum atomic E-state index is 12.0. The standard InChI is InChI=1S/C15H29NO3/c1-10(2)12-6-5-11(3)9-14(12)19-15(17)13(16)7-8-18-4/h10-14H,5-9,16H2,1-4H3. The third kappa shape index (κ3) is 5.11. The van der Waals surface area contributed by atoms with Crippen LogP contribution in [0.5, 0.6) is 0 Å². The Morgan fingerprint density at radius 3 is 2.63 bits per heavy atom. The van der Waals surface area contributed by atoms with Crippen LogP contribution in [0.3, 0.4) is 0 Å². The van der Waals surface area contributed by atoms with Gasteiger partial charge in [0.2, 0.25) is 0 Å². The van der Waals surface area contributed by atoms with E-state index >= 15 is 0 Å². The number of nitrogens with two attached hydrogens (primary N) is 1. The van der Waals surface area contributed by atoms with Crippen LogP contribution in [0.2, 0.25) is 0 Å². The van der Waals surface area contributed by atoms with Crippen LogP contribution < -0.4 is 5.73 Å². The molecule has 0 radical (unpaired) electrons. The molecule has 1 aliphatic rings. The second-order valence-corrected chi connectivity index (χ2v) is 6.19. The molecular weight excluding hydrogens is 242 g/mol. The number of methoxy groups -OCH3 is 1. The predicted octanol–water partition coefficient (Wildman–Crippen LogP) is 2.35. The van der Waals surface area contributed by atoms with Gasteiger partial charge in [-0.05, 0) is 37.0 Å². The fraction of sp³-hybridized carbons (Fsp3) is 0.933. The Labute approximate surface area is 117 Å². The molecule has 1 fully saturated rings. The molecule has 0 heterocycles. The van der Waals surface area contributed by atoms with Crippen LogP contribution in [0.25, 0.3) is 0 Å². The molecule has 19 heavy (non-hydrogen) atoms. The van der Waals surface area contributed by atoms with Crippen molar-refractivity contribution in [3.05, 3.63) is 0 Å². The lowest BCUT2D eigenvalue weighted by Gasteiger charge is -2.37. The monoisotopic (exact) mass is 271 g/mol. The molecule has 1 aliphatic carbocycles. The molecule has 4 unspecified atom stereocenters. The Balaban J connectivity index is 2.53. The molecule has 4 heteroatoms. The Bertz CT molecular complexity index is 281. The zero-order valence-corrected chi connectivity index (χ0v) is 12.7. The van der Waals surface area contributed by atoms with Crippen molar-refractivity contribution in [3.8, 4) is 0 Å². The van der Waals surface area contributed by atoms with Gasteiger partial charge in [0.05, 0.1) is 0 Å². The lowest BCUT2D eigenvalue weighted by atomic mass is 9.75. The van der Waals surface area contributed by atoms with Crippen LogP contribution in [0, 0.1) is 17.8 Å². The van der Waals surface area contributed by atoms with E-state index in [-0.39, 0.29) is 12.1 Å². The first kappa shape index (κ1) is 16.4. The number of rotatable bonds is 6. The summed E-state index contributed by atoms with van der Waals surface area (Å²) in [7, 11) is 1.61. The van der Waals surface area contributed by atoms with Gasteiger partial charge < -0.3 is 15.2 Å². The number of ether oxygens (including phenoxy) is 2. The Morgan fingerprint density at radius 2 is 2.05 bits per heavy atom. The number of hydrogen-bond acceptors (Lipinski definition) is 4. The van der Waals surface area contributed by atoms with Crippen LogP contribution in [0.4, 0.5) is 0 Å². The lowest BCUT2D eigenvalue weighted by Crippen LogP contribution is -2.41. The van der Waals surface area contributed by atoms with E-state index in [9.17, 15) is 4.79 Å². The second-order valence-electron chi connectivity index (χ2n) is 6.19. The third-order valence-corrected chi connectivity index (χ3v) is 4.16. The highest BCUT2D eigenvalue weighted by molar-refractivity contribution is 5.75. The van der Waals surface area contributed by atoms with E-state index < -0.39 is 6.04 Å². The van der Waals surface area contributed by atoms with Gasteiger partial charge in [-0.15, -0.1) is 0 Å². The van der Waals surface area contributed by atoms with Gasteiger partial charge >= 0.3 is 5.97 Å². The molecular formula is C15H29NO3. The van der Waals surface area contributed by atoms with Gasteiger partial charge in [0.25, 0.3) is 0 Å². The molecule has 1 rings (SSSR count).